The lowest BCUT2D eigenvalue weighted by Gasteiger charge is -2.18. The van der Waals surface area contributed by atoms with Gasteiger partial charge in [0, 0.05) is 43.0 Å². The SMILES string of the molecule is C=C/C=C(\C=C/CC(C)C(=O)n1ccc2c1ncc1ncc(C3CN(C(=O)NCC(F)(F)F)CC3CC)n12)CC(C)C. The maximum atomic E-state index is 13.5. The van der Waals surface area contributed by atoms with Crippen LogP contribution in [0, 0.1) is 17.8 Å². The molecular formula is C31H39F3N6O2. The molecule has 226 valence electrons. The van der Waals surface area contributed by atoms with Crippen LogP contribution in [0.2, 0.25) is 0 Å². The van der Waals surface area contributed by atoms with Gasteiger partial charge in [0.05, 0.1) is 11.7 Å². The summed E-state index contributed by atoms with van der Waals surface area (Å²) in [5.41, 5.74) is 3.80. The predicted molar refractivity (Wildman–Crippen MR) is 157 cm³/mol. The number of carbonyl (C=O) groups excluding carboxylic acids is 2. The van der Waals surface area contributed by atoms with Crippen molar-refractivity contribution < 1.29 is 22.8 Å². The number of alkyl halides is 3. The van der Waals surface area contributed by atoms with Crippen molar-refractivity contribution in [3.8, 4) is 0 Å². The maximum Gasteiger partial charge on any atom is 0.405 e. The molecule has 3 atom stereocenters. The monoisotopic (exact) mass is 584 g/mol. The van der Waals surface area contributed by atoms with Gasteiger partial charge in [-0.15, -0.1) is 0 Å². The molecule has 0 aromatic carbocycles. The van der Waals surface area contributed by atoms with Crippen molar-refractivity contribution in [3.63, 3.8) is 0 Å². The van der Waals surface area contributed by atoms with E-state index in [-0.39, 0.29) is 30.2 Å². The highest BCUT2D eigenvalue weighted by Gasteiger charge is 2.38. The highest BCUT2D eigenvalue weighted by atomic mass is 19.4. The lowest BCUT2D eigenvalue weighted by molar-refractivity contribution is -0.123. The molecule has 3 aromatic rings. The second-order valence-electron chi connectivity index (χ2n) is 11.4. The number of aromatic nitrogens is 4. The van der Waals surface area contributed by atoms with E-state index in [0.717, 1.165) is 24.1 Å². The minimum Gasteiger partial charge on any atom is -0.329 e. The molecule has 1 aliphatic rings. The Morgan fingerprint density at radius 3 is 2.62 bits per heavy atom. The van der Waals surface area contributed by atoms with Crippen molar-refractivity contribution in [2.75, 3.05) is 19.6 Å². The molecule has 4 heterocycles. The highest BCUT2D eigenvalue weighted by Crippen LogP contribution is 2.36. The standard InChI is InChI=1S/C31H39F3N6O2/c1-6-9-22(14-20(3)4)11-8-10-21(5)29(41)39-13-12-25-28(39)36-16-27-35-15-26(40(25)27)24-18-38(17-23(24)7-2)30(42)37-19-31(32,33)34/h6,8-9,11-13,15-16,20-21,23-24H,1,7,10,14,17-19H2,2-5H3,(H,37,42)/b11-8-,22-9+. The zero-order valence-electron chi connectivity index (χ0n) is 24.6. The largest absolute Gasteiger partial charge is 0.405 e. The van der Waals surface area contributed by atoms with E-state index in [1.807, 2.05) is 41.8 Å². The second-order valence-corrected chi connectivity index (χ2v) is 11.4. The minimum absolute atomic E-state index is 0.0380. The number of nitrogens with zero attached hydrogens (tertiary/aromatic N) is 5. The van der Waals surface area contributed by atoms with Crippen molar-refractivity contribution in [3.05, 3.63) is 66.8 Å². The number of likely N-dealkylation sites (tertiary alicyclic amines) is 1. The molecule has 0 spiro atoms. The van der Waals surface area contributed by atoms with E-state index < -0.39 is 18.8 Å². The van der Waals surface area contributed by atoms with Gasteiger partial charge < -0.3 is 10.2 Å². The molecular weight excluding hydrogens is 545 g/mol. The summed E-state index contributed by atoms with van der Waals surface area (Å²) in [7, 11) is 0. The fraction of sp³-hybridized carbons (Fsp3) is 0.484. The van der Waals surface area contributed by atoms with Crippen molar-refractivity contribution in [2.45, 2.75) is 59.1 Å². The van der Waals surface area contributed by atoms with Gasteiger partial charge in [-0.1, -0.05) is 65.0 Å². The molecule has 1 saturated heterocycles. The number of fused-ring (bicyclic) bond motifs is 3. The topological polar surface area (TPSA) is 84.5 Å². The molecule has 42 heavy (non-hydrogen) atoms. The van der Waals surface area contributed by atoms with Crippen molar-refractivity contribution in [1.29, 1.82) is 0 Å². The molecule has 1 aliphatic heterocycles. The number of hydrogen-bond donors (Lipinski definition) is 1. The first-order valence-corrected chi connectivity index (χ1v) is 14.4. The van der Waals surface area contributed by atoms with Gasteiger partial charge in [0.15, 0.2) is 11.3 Å². The predicted octanol–water partition coefficient (Wildman–Crippen LogP) is 6.76. The van der Waals surface area contributed by atoms with Gasteiger partial charge in [-0.3, -0.25) is 13.8 Å². The first kappa shape index (κ1) is 31.1. The molecule has 2 amide bonds. The number of nitrogens with one attached hydrogen (secondary N) is 1. The molecule has 1 fully saturated rings. The van der Waals surface area contributed by atoms with E-state index in [1.54, 1.807) is 29.2 Å². The average molecular weight is 585 g/mol. The summed E-state index contributed by atoms with van der Waals surface area (Å²) in [6, 6.07) is 1.10. The van der Waals surface area contributed by atoms with Crippen LogP contribution >= 0.6 is 0 Å². The fourth-order valence-electron chi connectivity index (χ4n) is 5.66. The molecule has 0 aliphatic carbocycles. The van der Waals surface area contributed by atoms with Crippen LogP contribution in [-0.2, 0) is 0 Å². The Morgan fingerprint density at radius 2 is 1.95 bits per heavy atom. The summed E-state index contributed by atoms with van der Waals surface area (Å²) >= 11 is 0. The summed E-state index contributed by atoms with van der Waals surface area (Å²) in [4.78, 5) is 36.5. The van der Waals surface area contributed by atoms with E-state index in [0.29, 0.717) is 35.7 Å². The summed E-state index contributed by atoms with van der Waals surface area (Å²) in [6.45, 7) is 11.2. The first-order valence-electron chi connectivity index (χ1n) is 14.4. The van der Waals surface area contributed by atoms with Crippen molar-refractivity contribution >= 4 is 28.7 Å². The van der Waals surface area contributed by atoms with Gasteiger partial charge in [-0.05, 0) is 36.3 Å². The van der Waals surface area contributed by atoms with Crippen LogP contribution in [0.4, 0.5) is 18.0 Å². The molecule has 8 nitrogen and oxygen atoms in total. The number of hydrogen-bond acceptors (Lipinski definition) is 4. The Morgan fingerprint density at radius 1 is 1.19 bits per heavy atom. The molecule has 0 bridgehead atoms. The van der Waals surface area contributed by atoms with Gasteiger partial charge in [0.1, 0.15) is 6.54 Å². The number of allylic oxidation sites excluding steroid dienone is 5. The molecule has 0 radical (unpaired) electrons. The lowest BCUT2D eigenvalue weighted by atomic mass is 9.91. The number of rotatable bonds is 10. The number of imidazole rings is 1. The summed E-state index contributed by atoms with van der Waals surface area (Å²) < 4.78 is 41.5. The first-order chi connectivity index (χ1) is 19.9. The third-order valence-corrected chi connectivity index (χ3v) is 7.73. The molecule has 3 aromatic heterocycles. The summed E-state index contributed by atoms with van der Waals surface area (Å²) in [6.07, 6.45) is 10.7. The third kappa shape index (κ3) is 6.94. The van der Waals surface area contributed by atoms with Crippen LogP contribution in [-0.4, -0.2) is 61.6 Å². The quantitative estimate of drug-likeness (QED) is 0.267. The van der Waals surface area contributed by atoms with Crippen molar-refractivity contribution in [1.82, 2.24) is 29.2 Å². The second kappa shape index (κ2) is 13.0. The van der Waals surface area contributed by atoms with E-state index in [4.69, 9.17) is 0 Å². The molecule has 4 rings (SSSR count). The Bertz CT molecular complexity index is 1500. The Balaban J connectivity index is 1.57. The van der Waals surface area contributed by atoms with Gasteiger partial charge in [0.2, 0.25) is 5.91 Å². The van der Waals surface area contributed by atoms with Gasteiger partial charge in [0.25, 0.3) is 0 Å². The zero-order valence-corrected chi connectivity index (χ0v) is 24.6. The Kier molecular flexibility index (Phi) is 9.58. The molecule has 3 unspecified atom stereocenters. The fourth-order valence-corrected chi connectivity index (χ4v) is 5.66. The van der Waals surface area contributed by atoms with Gasteiger partial charge in [-0.2, -0.15) is 13.2 Å². The molecule has 11 heteroatoms. The smallest absolute Gasteiger partial charge is 0.329 e. The number of carbonyl (C=O) groups is 2. The van der Waals surface area contributed by atoms with Gasteiger partial charge >= 0.3 is 12.2 Å². The lowest BCUT2D eigenvalue weighted by Crippen LogP contribution is -2.42. The number of urea groups is 1. The number of amides is 2. The minimum atomic E-state index is -4.48. The Hall–Kier alpha value is -3.89. The summed E-state index contributed by atoms with van der Waals surface area (Å²) in [5, 5.41) is 1.98. The van der Waals surface area contributed by atoms with E-state index in [2.05, 4.69) is 36.5 Å². The zero-order chi connectivity index (χ0) is 30.6. The van der Waals surface area contributed by atoms with Crippen LogP contribution in [0.15, 0.2) is 61.1 Å². The highest BCUT2D eigenvalue weighted by molar-refractivity contribution is 5.91. The normalized spacial score (nSPS) is 19.0. The van der Waals surface area contributed by atoms with E-state index >= 15 is 0 Å². The summed E-state index contributed by atoms with van der Waals surface area (Å²) in [5.74, 6) is 0.0355. The van der Waals surface area contributed by atoms with Crippen LogP contribution in [0.3, 0.4) is 0 Å². The molecule has 1 N–H and O–H groups in total. The van der Waals surface area contributed by atoms with Crippen LogP contribution in [0.5, 0.6) is 0 Å². The van der Waals surface area contributed by atoms with Crippen LogP contribution in [0.25, 0.3) is 16.8 Å². The van der Waals surface area contributed by atoms with Gasteiger partial charge in [-0.25, -0.2) is 14.8 Å². The van der Waals surface area contributed by atoms with E-state index in [1.165, 1.54) is 4.90 Å². The van der Waals surface area contributed by atoms with Crippen molar-refractivity contribution in [2.24, 2.45) is 17.8 Å². The average Bonchev–Trinajstić information content (AvgIpc) is 3.66. The Labute approximate surface area is 244 Å². The van der Waals surface area contributed by atoms with Crippen LogP contribution in [0.1, 0.15) is 63.4 Å². The van der Waals surface area contributed by atoms with E-state index in [9.17, 15) is 22.8 Å². The maximum absolute atomic E-state index is 13.5. The van der Waals surface area contributed by atoms with Crippen LogP contribution < -0.4 is 5.32 Å². The third-order valence-electron chi connectivity index (χ3n) is 7.73. The molecule has 0 saturated carbocycles. The number of halogens is 3.